The third-order valence-corrected chi connectivity index (χ3v) is 3.61. The van der Waals surface area contributed by atoms with Gasteiger partial charge in [0.05, 0.1) is 26.2 Å². The van der Waals surface area contributed by atoms with Crippen LogP contribution in [0.25, 0.3) is 0 Å². The van der Waals surface area contributed by atoms with Gasteiger partial charge in [-0.25, -0.2) is 0 Å². The Morgan fingerprint density at radius 2 is 1.90 bits per heavy atom. The van der Waals surface area contributed by atoms with E-state index in [1.54, 1.807) is 32.4 Å². The highest BCUT2D eigenvalue weighted by molar-refractivity contribution is 6.00. The van der Waals surface area contributed by atoms with E-state index in [4.69, 9.17) is 14.2 Å². The van der Waals surface area contributed by atoms with E-state index in [-0.39, 0.29) is 11.9 Å². The molecule has 108 valence electrons. The minimum Gasteiger partial charge on any atom is -0.497 e. The van der Waals surface area contributed by atoms with Crippen LogP contribution in [0.5, 0.6) is 17.2 Å². The number of rotatable bonds is 3. The normalized spacial score (nSPS) is 16.9. The standard InChI is InChI=1S/C17H16O4/c1-19-11-7-8-16-13(9-11)14(18)10-17(21-16)12-5-3-4-6-15(12)20-2/h3-9,17H,10H2,1-2H3. The zero-order valence-electron chi connectivity index (χ0n) is 12.0. The lowest BCUT2D eigenvalue weighted by Gasteiger charge is -2.26. The zero-order chi connectivity index (χ0) is 14.8. The molecule has 2 aromatic carbocycles. The fourth-order valence-corrected chi connectivity index (χ4v) is 2.54. The van der Waals surface area contributed by atoms with Gasteiger partial charge < -0.3 is 14.2 Å². The quantitative estimate of drug-likeness (QED) is 0.866. The van der Waals surface area contributed by atoms with Crippen molar-refractivity contribution >= 4 is 5.78 Å². The van der Waals surface area contributed by atoms with Crippen molar-refractivity contribution < 1.29 is 19.0 Å². The van der Waals surface area contributed by atoms with Crippen molar-refractivity contribution in [3.8, 4) is 17.2 Å². The maximum Gasteiger partial charge on any atom is 0.170 e. The Morgan fingerprint density at radius 1 is 1.10 bits per heavy atom. The first-order valence-electron chi connectivity index (χ1n) is 6.73. The molecule has 0 saturated carbocycles. The number of para-hydroxylation sites is 1. The lowest BCUT2D eigenvalue weighted by Crippen LogP contribution is -2.20. The SMILES string of the molecule is COc1ccc2c(c1)C(=O)CC(c1ccccc1OC)O2. The number of hydrogen-bond donors (Lipinski definition) is 0. The Kier molecular flexibility index (Phi) is 3.52. The van der Waals surface area contributed by atoms with E-state index in [2.05, 4.69) is 0 Å². The fraction of sp³-hybridized carbons (Fsp3) is 0.235. The van der Waals surface area contributed by atoms with Gasteiger partial charge in [-0.3, -0.25) is 4.79 Å². The molecule has 4 nitrogen and oxygen atoms in total. The van der Waals surface area contributed by atoms with Gasteiger partial charge in [0.15, 0.2) is 5.78 Å². The number of fused-ring (bicyclic) bond motifs is 1. The maximum atomic E-state index is 12.4. The molecule has 0 radical (unpaired) electrons. The van der Waals surface area contributed by atoms with Gasteiger partial charge in [0.1, 0.15) is 23.4 Å². The number of carbonyl (C=O) groups excluding carboxylic acids is 1. The van der Waals surface area contributed by atoms with Crippen LogP contribution in [0.15, 0.2) is 42.5 Å². The molecular formula is C17H16O4. The minimum atomic E-state index is -0.324. The van der Waals surface area contributed by atoms with Crippen LogP contribution in [0.3, 0.4) is 0 Å². The van der Waals surface area contributed by atoms with Crippen LogP contribution < -0.4 is 14.2 Å². The Bertz CT molecular complexity index is 678. The molecule has 1 aliphatic heterocycles. The van der Waals surface area contributed by atoms with E-state index >= 15 is 0 Å². The van der Waals surface area contributed by atoms with Gasteiger partial charge in [-0.15, -0.1) is 0 Å². The molecule has 2 aromatic rings. The first-order valence-corrected chi connectivity index (χ1v) is 6.73. The summed E-state index contributed by atoms with van der Waals surface area (Å²) < 4.78 is 16.5. The molecule has 0 amide bonds. The second-order valence-corrected chi connectivity index (χ2v) is 4.84. The molecular weight excluding hydrogens is 268 g/mol. The van der Waals surface area contributed by atoms with Crippen LogP contribution in [0.1, 0.15) is 28.4 Å². The lowest BCUT2D eigenvalue weighted by molar-refractivity contribution is 0.0846. The molecule has 3 rings (SSSR count). The zero-order valence-corrected chi connectivity index (χ0v) is 12.0. The van der Waals surface area contributed by atoms with Gasteiger partial charge in [0, 0.05) is 5.56 Å². The third kappa shape index (κ3) is 2.44. The van der Waals surface area contributed by atoms with E-state index in [0.29, 0.717) is 23.5 Å². The highest BCUT2D eigenvalue weighted by Gasteiger charge is 2.29. The van der Waals surface area contributed by atoms with Gasteiger partial charge >= 0.3 is 0 Å². The summed E-state index contributed by atoms with van der Waals surface area (Å²) >= 11 is 0. The Morgan fingerprint density at radius 3 is 2.67 bits per heavy atom. The highest BCUT2D eigenvalue weighted by atomic mass is 16.5. The molecule has 0 saturated heterocycles. The summed E-state index contributed by atoms with van der Waals surface area (Å²) in [5.41, 5.74) is 1.45. The van der Waals surface area contributed by atoms with E-state index in [9.17, 15) is 4.79 Å². The second-order valence-electron chi connectivity index (χ2n) is 4.84. The van der Waals surface area contributed by atoms with Gasteiger partial charge in [-0.05, 0) is 24.3 Å². The Labute approximate surface area is 123 Å². The van der Waals surface area contributed by atoms with Crippen molar-refractivity contribution in [2.24, 2.45) is 0 Å². The molecule has 0 fully saturated rings. The first-order chi connectivity index (χ1) is 10.2. The van der Waals surface area contributed by atoms with Crippen LogP contribution >= 0.6 is 0 Å². The summed E-state index contributed by atoms with van der Waals surface area (Å²) in [6.45, 7) is 0. The number of methoxy groups -OCH3 is 2. The first kappa shape index (κ1) is 13.5. The molecule has 0 aliphatic carbocycles. The summed E-state index contributed by atoms with van der Waals surface area (Å²) in [6.07, 6.45) is -0.0323. The smallest absolute Gasteiger partial charge is 0.170 e. The monoisotopic (exact) mass is 284 g/mol. The average molecular weight is 284 g/mol. The van der Waals surface area contributed by atoms with E-state index in [1.807, 2.05) is 24.3 Å². The third-order valence-electron chi connectivity index (χ3n) is 3.61. The maximum absolute atomic E-state index is 12.4. The van der Waals surface area contributed by atoms with Crippen LogP contribution in [-0.2, 0) is 0 Å². The van der Waals surface area contributed by atoms with Crippen molar-refractivity contribution in [1.29, 1.82) is 0 Å². The summed E-state index contributed by atoms with van der Waals surface area (Å²) in [5.74, 6) is 2.02. The van der Waals surface area contributed by atoms with Crippen molar-refractivity contribution in [3.63, 3.8) is 0 Å². The average Bonchev–Trinajstić information content (AvgIpc) is 2.54. The molecule has 0 spiro atoms. The molecule has 1 atom stereocenters. The fourth-order valence-electron chi connectivity index (χ4n) is 2.54. The predicted octanol–water partition coefficient (Wildman–Crippen LogP) is 3.41. The Hall–Kier alpha value is -2.49. The van der Waals surface area contributed by atoms with Gasteiger partial charge in [-0.1, -0.05) is 18.2 Å². The largest absolute Gasteiger partial charge is 0.497 e. The molecule has 0 aromatic heterocycles. The Balaban J connectivity index is 1.97. The van der Waals surface area contributed by atoms with Crippen LogP contribution in [-0.4, -0.2) is 20.0 Å². The summed E-state index contributed by atoms with van der Waals surface area (Å²) in [4.78, 5) is 12.4. The molecule has 1 unspecified atom stereocenters. The molecule has 0 bridgehead atoms. The molecule has 4 heteroatoms. The van der Waals surface area contributed by atoms with Crippen LogP contribution in [0.2, 0.25) is 0 Å². The van der Waals surface area contributed by atoms with Crippen LogP contribution in [0.4, 0.5) is 0 Å². The minimum absolute atomic E-state index is 0.0473. The molecule has 1 aliphatic rings. The van der Waals surface area contributed by atoms with E-state index < -0.39 is 0 Å². The number of carbonyl (C=O) groups is 1. The number of ether oxygens (including phenoxy) is 3. The van der Waals surface area contributed by atoms with Gasteiger partial charge in [0.2, 0.25) is 0 Å². The number of ketones is 1. The van der Waals surface area contributed by atoms with Crippen molar-refractivity contribution in [3.05, 3.63) is 53.6 Å². The summed E-state index contributed by atoms with van der Waals surface area (Å²) in [6, 6.07) is 12.9. The van der Waals surface area contributed by atoms with Crippen LogP contribution in [0, 0.1) is 0 Å². The highest BCUT2D eigenvalue weighted by Crippen LogP contribution is 2.39. The predicted molar refractivity (Wildman–Crippen MR) is 78.3 cm³/mol. The molecule has 0 N–H and O–H groups in total. The lowest BCUT2D eigenvalue weighted by atomic mass is 9.95. The second kappa shape index (κ2) is 5.48. The van der Waals surface area contributed by atoms with Crippen molar-refractivity contribution in [2.45, 2.75) is 12.5 Å². The van der Waals surface area contributed by atoms with Crippen molar-refractivity contribution in [2.75, 3.05) is 14.2 Å². The summed E-state index contributed by atoms with van der Waals surface area (Å²) in [5, 5.41) is 0. The van der Waals surface area contributed by atoms with Gasteiger partial charge in [0.25, 0.3) is 0 Å². The van der Waals surface area contributed by atoms with Gasteiger partial charge in [-0.2, -0.15) is 0 Å². The summed E-state index contributed by atoms with van der Waals surface area (Å²) in [7, 11) is 3.19. The molecule has 1 heterocycles. The van der Waals surface area contributed by atoms with Crippen molar-refractivity contribution in [1.82, 2.24) is 0 Å². The van der Waals surface area contributed by atoms with E-state index in [0.717, 1.165) is 11.3 Å². The number of hydrogen-bond acceptors (Lipinski definition) is 4. The topological polar surface area (TPSA) is 44.8 Å². The van der Waals surface area contributed by atoms with E-state index in [1.165, 1.54) is 0 Å². The number of Topliss-reactive ketones (excluding diaryl/α,β-unsaturated/α-hetero) is 1. The number of benzene rings is 2. The molecule has 21 heavy (non-hydrogen) atoms.